The molecule has 2 aromatic rings. The van der Waals surface area contributed by atoms with E-state index in [4.69, 9.17) is 11.6 Å². The minimum Gasteiger partial charge on any atom is -0.324 e. The molecule has 0 aliphatic heterocycles. The van der Waals surface area contributed by atoms with E-state index in [9.17, 15) is 4.39 Å². The summed E-state index contributed by atoms with van der Waals surface area (Å²) in [5.74, 6) is 0.726. The van der Waals surface area contributed by atoms with Crippen LogP contribution in [0.4, 0.5) is 16.0 Å². The van der Waals surface area contributed by atoms with Crippen LogP contribution in [0.2, 0.25) is 5.28 Å². The van der Waals surface area contributed by atoms with E-state index in [0.717, 1.165) is 11.3 Å². The highest BCUT2D eigenvalue weighted by atomic mass is 35.5. The molecule has 20 heavy (non-hydrogen) atoms. The molecule has 1 aromatic heterocycles. The van der Waals surface area contributed by atoms with E-state index in [1.54, 1.807) is 11.8 Å². The van der Waals surface area contributed by atoms with Crippen molar-refractivity contribution in [2.45, 2.75) is 19.6 Å². The second-order valence-corrected chi connectivity index (χ2v) is 4.69. The van der Waals surface area contributed by atoms with Crippen LogP contribution in [0.25, 0.3) is 0 Å². The lowest BCUT2D eigenvalue weighted by Crippen LogP contribution is -1.99. The van der Waals surface area contributed by atoms with Gasteiger partial charge in [-0.15, -0.1) is 0 Å². The summed E-state index contributed by atoms with van der Waals surface area (Å²) in [6.45, 7) is 4.00. The van der Waals surface area contributed by atoms with E-state index >= 15 is 0 Å². The van der Waals surface area contributed by atoms with Gasteiger partial charge in [-0.2, -0.15) is 16.7 Å². The molecule has 0 spiro atoms. The second-order valence-electron chi connectivity index (χ2n) is 3.48. The van der Waals surface area contributed by atoms with Crippen molar-refractivity contribution < 1.29 is 4.39 Å². The van der Waals surface area contributed by atoms with Crippen molar-refractivity contribution in [3.8, 4) is 0 Å². The number of aromatic nitrogens is 3. The van der Waals surface area contributed by atoms with Crippen LogP contribution in [0.15, 0.2) is 24.5 Å². The number of thioether (sulfide) groups is 1. The van der Waals surface area contributed by atoms with Crippen LogP contribution >= 0.6 is 23.4 Å². The lowest BCUT2D eigenvalue weighted by atomic mass is 10.2. The average molecular weight is 315 g/mol. The number of hydrogen-bond donors (Lipinski definition) is 1. The van der Waals surface area contributed by atoms with Crippen LogP contribution in [-0.4, -0.2) is 21.2 Å². The number of nitrogens with zero attached hydrogens (tertiary/aromatic N) is 3. The van der Waals surface area contributed by atoms with Crippen LogP contribution in [0.1, 0.15) is 19.4 Å². The zero-order valence-corrected chi connectivity index (χ0v) is 13.1. The molecule has 1 heterocycles. The second kappa shape index (κ2) is 8.71. The molecule has 2 rings (SSSR count). The molecule has 0 atom stereocenters. The Morgan fingerprint density at radius 1 is 1.25 bits per heavy atom. The van der Waals surface area contributed by atoms with E-state index in [1.807, 2.05) is 26.2 Å². The van der Waals surface area contributed by atoms with Crippen LogP contribution in [-0.2, 0) is 5.75 Å². The Morgan fingerprint density at radius 2 is 2.00 bits per heavy atom. The fraction of sp³-hybridized carbons (Fsp3) is 0.308. The summed E-state index contributed by atoms with van der Waals surface area (Å²) >= 11 is 7.27. The van der Waals surface area contributed by atoms with Gasteiger partial charge in [0, 0.05) is 11.4 Å². The van der Waals surface area contributed by atoms with Gasteiger partial charge < -0.3 is 5.32 Å². The maximum atomic E-state index is 13.4. The lowest BCUT2D eigenvalue weighted by molar-refractivity contribution is 0.627. The first-order valence-electron chi connectivity index (χ1n) is 6.07. The molecule has 4 nitrogen and oxygen atoms in total. The van der Waals surface area contributed by atoms with Crippen LogP contribution < -0.4 is 5.32 Å². The zero-order valence-electron chi connectivity index (χ0n) is 11.5. The Balaban J connectivity index is 0.000000956. The Labute approximate surface area is 127 Å². The summed E-state index contributed by atoms with van der Waals surface area (Å²) < 4.78 is 13.4. The van der Waals surface area contributed by atoms with Crippen LogP contribution in [0.5, 0.6) is 0 Å². The fourth-order valence-corrected chi connectivity index (χ4v) is 2.06. The van der Waals surface area contributed by atoms with Crippen molar-refractivity contribution in [3.63, 3.8) is 0 Å². The maximum absolute atomic E-state index is 13.4. The monoisotopic (exact) mass is 314 g/mol. The Bertz CT molecular complexity index is 554. The Kier molecular flexibility index (Phi) is 7.25. The van der Waals surface area contributed by atoms with E-state index in [-0.39, 0.29) is 17.0 Å². The standard InChI is InChI=1S/C11H10ClFN4S.C2H6/c1-18-5-7-2-8(13)4-9(3-7)16-11-15-6-14-10(12)17-11;1-2/h2-4,6H,5H2,1H3,(H,14,15,16,17);1-2H3. The molecule has 1 aromatic carbocycles. The number of nitrogens with one attached hydrogen (secondary N) is 1. The van der Waals surface area contributed by atoms with Gasteiger partial charge >= 0.3 is 0 Å². The van der Waals surface area contributed by atoms with Crippen molar-refractivity contribution in [1.29, 1.82) is 0 Å². The summed E-state index contributed by atoms with van der Waals surface area (Å²) in [4.78, 5) is 11.4. The summed E-state index contributed by atoms with van der Waals surface area (Å²) in [6.07, 6.45) is 3.25. The van der Waals surface area contributed by atoms with Gasteiger partial charge in [0.2, 0.25) is 11.2 Å². The van der Waals surface area contributed by atoms with Gasteiger partial charge in [-0.05, 0) is 41.6 Å². The number of rotatable bonds is 4. The molecule has 0 fully saturated rings. The topological polar surface area (TPSA) is 50.7 Å². The van der Waals surface area contributed by atoms with Gasteiger partial charge in [-0.25, -0.2) is 14.4 Å². The zero-order chi connectivity index (χ0) is 15.0. The smallest absolute Gasteiger partial charge is 0.231 e. The molecule has 0 bridgehead atoms. The third-order valence-electron chi connectivity index (χ3n) is 2.07. The van der Waals surface area contributed by atoms with Crippen molar-refractivity contribution in [2.75, 3.05) is 11.6 Å². The van der Waals surface area contributed by atoms with Gasteiger partial charge in [-0.3, -0.25) is 0 Å². The van der Waals surface area contributed by atoms with Crippen LogP contribution in [0.3, 0.4) is 0 Å². The van der Waals surface area contributed by atoms with E-state index in [0.29, 0.717) is 5.69 Å². The molecule has 0 amide bonds. The highest BCUT2D eigenvalue weighted by Crippen LogP contribution is 2.20. The molecular weight excluding hydrogens is 299 g/mol. The minimum atomic E-state index is -0.302. The highest BCUT2D eigenvalue weighted by Gasteiger charge is 2.03. The van der Waals surface area contributed by atoms with E-state index in [2.05, 4.69) is 20.3 Å². The lowest BCUT2D eigenvalue weighted by Gasteiger charge is -2.07. The molecule has 108 valence electrons. The fourth-order valence-electron chi connectivity index (χ4n) is 1.44. The van der Waals surface area contributed by atoms with E-state index in [1.165, 1.54) is 18.5 Å². The number of benzene rings is 1. The van der Waals surface area contributed by atoms with Crippen molar-refractivity contribution in [1.82, 2.24) is 15.0 Å². The summed E-state index contributed by atoms with van der Waals surface area (Å²) in [6, 6.07) is 4.72. The Hall–Kier alpha value is -1.40. The molecule has 0 unspecified atom stereocenters. The number of halogens is 2. The SMILES string of the molecule is CC.CSCc1cc(F)cc(Nc2ncnc(Cl)n2)c1. The molecule has 0 saturated carbocycles. The summed E-state index contributed by atoms with van der Waals surface area (Å²) in [5.41, 5.74) is 1.48. The van der Waals surface area contributed by atoms with Crippen LogP contribution in [0, 0.1) is 5.82 Å². The van der Waals surface area contributed by atoms with Crippen molar-refractivity contribution in [3.05, 3.63) is 41.2 Å². The molecular formula is C13H16ClFN4S. The van der Waals surface area contributed by atoms with Gasteiger partial charge in [-0.1, -0.05) is 13.8 Å². The first-order chi connectivity index (χ1) is 9.67. The Morgan fingerprint density at radius 3 is 2.65 bits per heavy atom. The third-order valence-corrected chi connectivity index (χ3v) is 2.87. The number of anilines is 2. The third kappa shape index (κ3) is 5.30. The predicted octanol–water partition coefficient (Wildman–Crippen LogP) is 4.30. The largest absolute Gasteiger partial charge is 0.324 e. The van der Waals surface area contributed by atoms with Crippen molar-refractivity contribution in [2.24, 2.45) is 0 Å². The van der Waals surface area contributed by atoms with Gasteiger partial charge in [0.05, 0.1) is 0 Å². The maximum Gasteiger partial charge on any atom is 0.231 e. The van der Waals surface area contributed by atoms with Crippen molar-refractivity contribution >= 4 is 35.0 Å². The molecule has 1 N–H and O–H groups in total. The normalized spacial score (nSPS) is 9.65. The molecule has 0 aliphatic rings. The quantitative estimate of drug-likeness (QED) is 0.912. The van der Waals surface area contributed by atoms with Gasteiger partial charge in [0.1, 0.15) is 12.1 Å². The molecule has 0 saturated heterocycles. The van der Waals surface area contributed by atoms with Gasteiger partial charge in [0.25, 0.3) is 0 Å². The first-order valence-corrected chi connectivity index (χ1v) is 7.84. The van der Waals surface area contributed by atoms with E-state index < -0.39 is 0 Å². The minimum absolute atomic E-state index is 0.0910. The molecule has 7 heteroatoms. The predicted molar refractivity (Wildman–Crippen MR) is 83.1 cm³/mol. The summed E-state index contributed by atoms with van der Waals surface area (Å²) in [5, 5.41) is 2.98. The molecule has 0 radical (unpaired) electrons. The summed E-state index contributed by atoms with van der Waals surface area (Å²) in [7, 11) is 0. The van der Waals surface area contributed by atoms with Gasteiger partial charge in [0.15, 0.2) is 0 Å². The molecule has 0 aliphatic carbocycles. The number of hydrogen-bond acceptors (Lipinski definition) is 5. The first kappa shape index (κ1) is 16.7. The average Bonchev–Trinajstić information content (AvgIpc) is 2.40. The highest BCUT2D eigenvalue weighted by molar-refractivity contribution is 7.97.